The molecule has 1 aromatic heterocycles. The summed E-state index contributed by atoms with van der Waals surface area (Å²) in [6.07, 6.45) is 7.83. The van der Waals surface area contributed by atoms with Crippen LogP contribution in [0.3, 0.4) is 0 Å². The van der Waals surface area contributed by atoms with E-state index in [1.807, 2.05) is 77.6 Å². The molecule has 0 saturated heterocycles. The van der Waals surface area contributed by atoms with Gasteiger partial charge in [-0.1, -0.05) is 87.7 Å². The summed E-state index contributed by atoms with van der Waals surface area (Å²) in [5.41, 5.74) is 6.56. The smallest absolute Gasteiger partial charge is 0.113 e. The number of hydrogen-bond acceptors (Lipinski definition) is 7. The lowest BCUT2D eigenvalue weighted by Crippen LogP contribution is -2.51. The number of nitrogens with zero attached hydrogens (tertiary/aromatic N) is 3. The van der Waals surface area contributed by atoms with Crippen LogP contribution >= 0.6 is 15.9 Å². The van der Waals surface area contributed by atoms with Crippen molar-refractivity contribution in [2.45, 2.75) is 56.1 Å². The highest BCUT2D eigenvalue weighted by atomic mass is 79.9. The largest absolute Gasteiger partial charge is 0.391 e. The lowest BCUT2D eigenvalue weighted by Gasteiger charge is -2.38. The molecule has 9 heteroatoms. The molecule has 0 spiro atoms. The second-order valence-corrected chi connectivity index (χ2v) is 13.0. The number of aliphatic hydroxyl groups excluding tert-OH is 2. The van der Waals surface area contributed by atoms with E-state index in [9.17, 15) is 10.2 Å². The lowest BCUT2D eigenvalue weighted by molar-refractivity contribution is 0.0342. The Kier molecular flexibility index (Phi) is 10.7. The first-order valence-corrected chi connectivity index (χ1v) is 16.7. The van der Waals surface area contributed by atoms with Crippen molar-refractivity contribution in [3.05, 3.63) is 130 Å². The van der Waals surface area contributed by atoms with Crippen LogP contribution in [0.5, 0.6) is 0 Å². The monoisotopic (exact) mass is 690 g/mol. The fraction of sp³-hybridized carbons (Fsp3) is 0.263. The Balaban J connectivity index is 1.11. The van der Waals surface area contributed by atoms with E-state index in [1.54, 1.807) is 0 Å². The molecule has 1 fully saturated rings. The molecule has 1 aliphatic carbocycles. The van der Waals surface area contributed by atoms with Gasteiger partial charge in [0, 0.05) is 40.1 Å². The molecule has 1 aliphatic rings. The van der Waals surface area contributed by atoms with Crippen molar-refractivity contribution in [2.75, 3.05) is 17.2 Å². The predicted octanol–water partition coefficient (Wildman–Crippen LogP) is 6.04. The van der Waals surface area contributed by atoms with E-state index in [-0.39, 0.29) is 18.1 Å². The Labute approximate surface area is 284 Å². The number of aliphatic hydroxyl groups is 2. The number of rotatable bonds is 12. The molecule has 5 atom stereocenters. The summed E-state index contributed by atoms with van der Waals surface area (Å²) >= 11 is 3.56. The fourth-order valence-corrected chi connectivity index (χ4v) is 6.58. The van der Waals surface area contributed by atoms with Gasteiger partial charge in [0.05, 0.1) is 36.5 Å². The topological polar surface area (TPSA) is 107 Å². The molecule has 0 amide bonds. The number of halogens is 1. The maximum absolute atomic E-state index is 11.0. The summed E-state index contributed by atoms with van der Waals surface area (Å²) in [5, 5.41) is 41.5. The summed E-state index contributed by atoms with van der Waals surface area (Å²) < 4.78 is 3.01. The zero-order chi connectivity index (χ0) is 32.6. The molecule has 240 valence electrons. The molecular formula is C38H39BrN6O2. The molecule has 8 nitrogen and oxygen atoms in total. The quantitative estimate of drug-likeness (QED) is 0.102. The van der Waals surface area contributed by atoms with Crippen LogP contribution in [0.4, 0.5) is 11.4 Å². The first kappa shape index (κ1) is 32.5. The summed E-state index contributed by atoms with van der Waals surface area (Å²) in [7, 11) is 0. The van der Waals surface area contributed by atoms with E-state index in [4.69, 9.17) is 6.42 Å². The van der Waals surface area contributed by atoms with Crippen LogP contribution in [0.15, 0.2) is 114 Å². The SMILES string of the molecule is C#Cc1cccc(NC2CC(O)C(Nc3cccc(-c4cn([C@H](CNCc5cccc(Br)c5)Cc5ccccc5)nn4)c3)CC2O)c1. The maximum atomic E-state index is 11.0. The average molecular weight is 692 g/mol. The van der Waals surface area contributed by atoms with Gasteiger partial charge in [-0.05, 0) is 72.9 Å². The third-order valence-corrected chi connectivity index (χ3v) is 9.10. The summed E-state index contributed by atoms with van der Waals surface area (Å²) in [5.74, 6) is 2.63. The van der Waals surface area contributed by atoms with Crippen molar-refractivity contribution in [2.24, 2.45) is 0 Å². The molecule has 0 bridgehead atoms. The molecule has 0 radical (unpaired) electrons. The number of benzene rings is 4. The maximum Gasteiger partial charge on any atom is 0.113 e. The van der Waals surface area contributed by atoms with E-state index < -0.39 is 12.2 Å². The van der Waals surface area contributed by atoms with E-state index in [0.717, 1.165) is 52.2 Å². The second-order valence-electron chi connectivity index (χ2n) is 12.1. The van der Waals surface area contributed by atoms with Gasteiger partial charge in [0.1, 0.15) is 5.69 Å². The van der Waals surface area contributed by atoms with Crippen molar-refractivity contribution in [3.63, 3.8) is 0 Å². The predicted molar refractivity (Wildman–Crippen MR) is 191 cm³/mol. The minimum absolute atomic E-state index is 0.0570. The first-order valence-electron chi connectivity index (χ1n) is 15.9. The van der Waals surface area contributed by atoms with Crippen LogP contribution in [-0.4, -0.2) is 56.0 Å². The second kappa shape index (κ2) is 15.4. The zero-order valence-electron chi connectivity index (χ0n) is 26.0. The van der Waals surface area contributed by atoms with E-state index in [0.29, 0.717) is 12.8 Å². The molecule has 0 aliphatic heterocycles. The van der Waals surface area contributed by atoms with Gasteiger partial charge in [-0.15, -0.1) is 11.5 Å². The van der Waals surface area contributed by atoms with Crippen molar-refractivity contribution < 1.29 is 10.2 Å². The number of terminal acetylenes is 1. The fourth-order valence-electron chi connectivity index (χ4n) is 6.13. The molecule has 5 aromatic rings. The molecule has 47 heavy (non-hydrogen) atoms. The molecule has 4 aromatic carbocycles. The van der Waals surface area contributed by atoms with Gasteiger partial charge in [-0.2, -0.15) is 0 Å². The molecule has 5 N–H and O–H groups in total. The van der Waals surface area contributed by atoms with Gasteiger partial charge in [0.2, 0.25) is 0 Å². The lowest BCUT2D eigenvalue weighted by atomic mass is 9.86. The van der Waals surface area contributed by atoms with Crippen molar-refractivity contribution in [1.29, 1.82) is 0 Å². The standard InChI is InChI=1S/C38H39BrN6O2/c1-2-26-11-7-15-31(18-26)41-34-21-38(47)35(22-37(34)46)42-32-16-8-13-29(20-32)36-25-45(44-43-36)33(19-27-9-4-3-5-10-27)24-40-23-28-12-6-14-30(39)17-28/h1,3-18,20,25,33-35,37-38,40-42,46-47H,19,21-24H2/t33-,34?,35?,37?,38?/m0/s1. The summed E-state index contributed by atoms with van der Waals surface area (Å²) in [6, 6.07) is 33.7. The zero-order valence-corrected chi connectivity index (χ0v) is 27.6. The summed E-state index contributed by atoms with van der Waals surface area (Å²) in [6.45, 7) is 1.47. The van der Waals surface area contributed by atoms with Crippen LogP contribution in [0.1, 0.15) is 35.6 Å². The third kappa shape index (κ3) is 8.67. The molecule has 6 rings (SSSR count). The van der Waals surface area contributed by atoms with Gasteiger partial charge >= 0.3 is 0 Å². The molecular weight excluding hydrogens is 652 g/mol. The van der Waals surface area contributed by atoms with Gasteiger partial charge in [-0.3, -0.25) is 0 Å². The third-order valence-electron chi connectivity index (χ3n) is 8.61. The van der Waals surface area contributed by atoms with Crippen molar-refractivity contribution >= 4 is 27.3 Å². The Morgan fingerprint density at radius 3 is 2.23 bits per heavy atom. The number of hydrogen-bond donors (Lipinski definition) is 5. The highest BCUT2D eigenvalue weighted by Gasteiger charge is 2.35. The van der Waals surface area contributed by atoms with Crippen molar-refractivity contribution in [1.82, 2.24) is 20.3 Å². The van der Waals surface area contributed by atoms with Crippen LogP contribution < -0.4 is 16.0 Å². The Hall–Kier alpha value is -4.46. The Morgan fingerprint density at radius 1 is 0.830 bits per heavy atom. The number of nitrogens with one attached hydrogen (secondary N) is 3. The average Bonchev–Trinajstić information content (AvgIpc) is 3.58. The molecule has 1 saturated carbocycles. The number of aromatic nitrogens is 3. The highest BCUT2D eigenvalue weighted by Crippen LogP contribution is 2.28. The Bertz CT molecular complexity index is 1810. The molecule has 1 heterocycles. The van der Waals surface area contributed by atoms with E-state index in [1.165, 1.54) is 11.1 Å². The summed E-state index contributed by atoms with van der Waals surface area (Å²) in [4.78, 5) is 0. The van der Waals surface area contributed by atoms with E-state index >= 15 is 0 Å². The van der Waals surface area contributed by atoms with Crippen molar-refractivity contribution in [3.8, 4) is 23.6 Å². The van der Waals surface area contributed by atoms with Gasteiger partial charge in [-0.25, -0.2) is 4.68 Å². The van der Waals surface area contributed by atoms with Gasteiger partial charge < -0.3 is 26.2 Å². The van der Waals surface area contributed by atoms with Crippen LogP contribution in [0.25, 0.3) is 11.3 Å². The minimum atomic E-state index is -0.653. The van der Waals surface area contributed by atoms with Gasteiger partial charge in [0.25, 0.3) is 0 Å². The first-order chi connectivity index (χ1) is 22.9. The number of anilines is 2. The van der Waals surface area contributed by atoms with E-state index in [2.05, 4.69) is 84.5 Å². The van der Waals surface area contributed by atoms with Crippen LogP contribution in [-0.2, 0) is 13.0 Å². The van der Waals surface area contributed by atoms with Gasteiger partial charge in [0.15, 0.2) is 0 Å². The highest BCUT2D eigenvalue weighted by molar-refractivity contribution is 9.10. The van der Waals surface area contributed by atoms with Crippen LogP contribution in [0.2, 0.25) is 0 Å². The minimum Gasteiger partial charge on any atom is -0.391 e. The molecule has 4 unspecified atom stereocenters. The normalized spacial score (nSPS) is 19.9. The van der Waals surface area contributed by atoms with Crippen LogP contribution in [0, 0.1) is 12.3 Å². The Morgan fingerprint density at radius 2 is 1.51 bits per heavy atom.